The minimum Gasteiger partial charge on any atom is -0.378 e. The first-order chi connectivity index (χ1) is 11.3. The number of nitrogens with zero attached hydrogens (tertiary/aromatic N) is 3. The van der Waals surface area contributed by atoms with Crippen molar-refractivity contribution in [2.24, 2.45) is 11.1 Å². The minimum absolute atomic E-state index is 0. The van der Waals surface area contributed by atoms with Crippen LogP contribution in [0.15, 0.2) is 5.38 Å². The number of hydrogen-bond donors (Lipinski definition) is 1. The molecule has 3 rings (SSSR count). The van der Waals surface area contributed by atoms with Gasteiger partial charge in [0.05, 0.1) is 11.8 Å². The van der Waals surface area contributed by atoms with Crippen molar-refractivity contribution in [1.82, 2.24) is 9.88 Å². The summed E-state index contributed by atoms with van der Waals surface area (Å²) in [5, 5.41) is 3.11. The molecule has 2 atom stereocenters. The van der Waals surface area contributed by atoms with Crippen LogP contribution < -0.4 is 10.6 Å². The summed E-state index contributed by atoms with van der Waals surface area (Å²) in [4.78, 5) is 21.7. The van der Waals surface area contributed by atoms with Gasteiger partial charge in [0.15, 0.2) is 5.13 Å². The SMILES string of the molecule is CCOC1CC(N)(C(=O)N2CCN(c3nc(C)cs3)CC2)C1(C)C.Cl.Cl. The largest absolute Gasteiger partial charge is 0.378 e. The molecule has 26 heavy (non-hydrogen) atoms. The summed E-state index contributed by atoms with van der Waals surface area (Å²) in [5.41, 5.74) is 6.44. The fourth-order valence-corrected chi connectivity index (χ4v) is 4.52. The number of nitrogens with two attached hydrogens (primary N) is 1. The first-order valence-corrected chi connectivity index (χ1v) is 9.54. The Morgan fingerprint density at radius 2 is 1.96 bits per heavy atom. The topological polar surface area (TPSA) is 71.7 Å². The van der Waals surface area contributed by atoms with Crippen molar-refractivity contribution in [1.29, 1.82) is 0 Å². The van der Waals surface area contributed by atoms with E-state index in [4.69, 9.17) is 10.5 Å². The van der Waals surface area contributed by atoms with Gasteiger partial charge in [-0.05, 0) is 13.8 Å². The molecule has 0 aromatic carbocycles. The van der Waals surface area contributed by atoms with E-state index in [2.05, 4.69) is 15.3 Å². The summed E-state index contributed by atoms with van der Waals surface area (Å²) in [7, 11) is 0. The number of ether oxygens (including phenoxy) is 1. The Morgan fingerprint density at radius 1 is 1.35 bits per heavy atom. The molecular weight excluding hydrogens is 395 g/mol. The lowest BCUT2D eigenvalue weighted by atomic mass is 9.54. The lowest BCUT2D eigenvalue weighted by Crippen LogP contribution is -2.76. The van der Waals surface area contributed by atoms with Gasteiger partial charge in [0.2, 0.25) is 5.91 Å². The normalized spacial score (nSPS) is 27.2. The van der Waals surface area contributed by atoms with E-state index in [0.717, 1.165) is 23.9 Å². The Morgan fingerprint density at radius 3 is 2.42 bits per heavy atom. The Balaban J connectivity index is 0.00000169. The first-order valence-electron chi connectivity index (χ1n) is 8.66. The van der Waals surface area contributed by atoms with Gasteiger partial charge < -0.3 is 20.3 Å². The number of amides is 1. The van der Waals surface area contributed by atoms with Crippen LogP contribution in [0.25, 0.3) is 0 Å². The molecule has 0 spiro atoms. The second-order valence-electron chi connectivity index (χ2n) is 7.39. The van der Waals surface area contributed by atoms with E-state index in [9.17, 15) is 4.79 Å². The zero-order valence-electron chi connectivity index (χ0n) is 15.9. The van der Waals surface area contributed by atoms with E-state index in [0.29, 0.717) is 26.1 Å². The number of hydrogen-bond acceptors (Lipinski definition) is 6. The number of halogens is 2. The number of aryl methyl sites for hydroxylation is 1. The van der Waals surface area contributed by atoms with Crippen LogP contribution in [-0.4, -0.2) is 60.2 Å². The Bertz CT molecular complexity index is 620. The monoisotopic (exact) mass is 424 g/mol. The summed E-state index contributed by atoms with van der Waals surface area (Å²) in [6, 6.07) is 0. The zero-order chi connectivity index (χ0) is 17.5. The van der Waals surface area contributed by atoms with Gasteiger partial charge in [0.1, 0.15) is 5.54 Å². The van der Waals surface area contributed by atoms with Gasteiger partial charge in [0, 0.05) is 50.0 Å². The van der Waals surface area contributed by atoms with E-state index in [1.54, 1.807) is 11.3 Å². The van der Waals surface area contributed by atoms with Gasteiger partial charge in [-0.15, -0.1) is 36.2 Å². The molecule has 9 heteroatoms. The van der Waals surface area contributed by atoms with Crippen molar-refractivity contribution in [2.45, 2.75) is 45.8 Å². The molecule has 2 aliphatic rings. The van der Waals surface area contributed by atoms with E-state index in [1.807, 2.05) is 32.6 Å². The average molecular weight is 425 g/mol. The highest BCUT2D eigenvalue weighted by atomic mass is 35.5. The van der Waals surface area contributed by atoms with Gasteiger partial charge >= 0.3 is 0 Å². The van der Waals surface area contributed by atoms with E-state index >= 15 is 0 Å². The second-order valence-corrected chi connectivity index (χ2v) is 8.23. The molecule has 6 nitrogen and oxygen atoms in total. The van der Waals surface area contributed by atoms with Gasteiger partial charge in [-0.1, -0.05) is 13.8 Å². The summed E-state index contributed by atoms with van der Waals surface area (Å²) in [5.74, 6) is 0.0680. The molecule has 0 bridgehead atoms. The number of rotatable bonds is 4. The third-order valence-corrected chi connectivity index (χ3v) is 6.68. The van der Waals surface area contributed by atoms with Gasteiger partial charge in [0.25, 0.3) is 0 Å². The second kappa shape index (κ2) is 8.61. The fraction of sp³-hybridized carbons (Fsp3) is 0.765. The lowest BCUT2D eigenvalue weighted by Gasteiger charge is -2.59. The van der Waals surface area contributed by atoms with Crippen molar-refractivity contribution in [3.05, 3.63) is 11.1 Å². The molecule has 1 aromatic rings. The highest BCUT2D eigenvalue weighted by Crippen LogP contribution is 2.50. The summed E-state index contributed by atoms with van der Waals surface area (Å²) in [6.07, 6.45) is 0.675. The van der Waals surface area contributed by atoms with E-state index in [1.165, 1.54) is 0 Å². The number of carbonyl (C=O) groups excluding carboxylic acids is 1. The third-order valence-electron chi connectivity index (χ3n) is 5.66. The Labute approximate surface area is 172 Å². The summed E-state index contributed by atoms with van der Waals surface area (Å²) in [6.45, 7) is 11.8. The smallest absolute Gasteiger partial charge is 0.243 e. The first kappa shape index (κ1) is 23.4. The van der Waals surface area contributed by atoms with Crippen molar-refractivity contribution >= 4 is 47.2 Å². The van der Waals surface area contributed by atoms with Crippen molar-refractivity contribution in [3.63, 3.8) is 0 Å². The molecule has 1 saturated heterocycles. The Kier molecular flexibility index (Phi) is 7.76. The van der Waals surface area contributed by atoms with Crippen molar-refractivity contribution in [2.75, 3.05) is 37.7 Å². The lowest BCUT2D eigenvalue weighted by molar-refractivity contribution is -0.179. The van der Waals surface area contributed by atoms with Crippen LogP contribution in [0.3, 0.4) is 0 Å². The predicted molar refractivity (Wildman–Crippen MR) is 111 cm³/mol. The third kappa shape index (κ3) is 3.83. The predicted octanol–water partition coefficient (Wildman–Crippen LogP) is 2.48. The molecule has 2 fully saturated rings. The molecule has 1 aliphatic carbocycles. The maximum Gasteiger partial charge on any atom is 0.243 e. The number of thiazole rings is 1. The summed E-state index contributed by atoms with van der Waals surface area (Å²) >= 11 is 1.66. The van der Waals surface area contributed by atoms with E-state index < -0.39 is 5.54 Å². The quantitative estimate of drug-likeness (QED) is 0.803. The number of aromatic nitrogens is 1. The van der Waals surface area contributed by atoms with Crippen molar-refractivity contribution < 1.29 is 9.53 Å². The fourth-order valence-electron chi connectivity index (χ4n) is 3.67. The Hall–Kier alpha value is -0.600. The van der Waals surface area contributed by atoms with E-state index in [-0.39, 0.29) is 42.2 Å². The number of carbonyl (C=O) groups is 1. The molecule has 1 aliphatic heterocycles. The van der Waals surface area contributed by atoms with Crippen molar-refractivity contribution in [3.8, 4) is 0 Å². The number of piperazine rings is 1. The molecule has 2 unspecified atom stereocenters. The van der Waals surface area contributed by atoms with Crippen LogP contribution in [0, 0.1) is 12.3 Å². The molecule has 1 aromatic heterocycles. The van der Waals surface area contributed by atoms with Gasteiger partial charge in [-0.25, -0.2) is 4.98 Å². The van der Waals surface area contributed by atoms with Crippen LogP contribution in [0.5, 0.6) is 0 Å². The van der Waals surface area contributed by atoms with Crippen LogP contribution in [-0.2, 0) is 9.53 Å². The van der Waals surface area contributed by atoms with Crippen LogP contribution in [0.4, 0.5) is 5.13 Å². The highest BCUT2D eigenvalue weighted by molar-refractivity contribution is 7.13. The highest BCUT2D eigenvalue weighted by Gasteiger charge is 2.63. The minimum atomic E-state index is -0.813. The van der Waals surface area contributed by atoms with Gasteiger partial charge in [-0.3, -0.25) is 4.79 Å². The molecule has 2 heterocycles. The maximum atomic E-state index is 13.0. The molecule has 0 radical (unpaired) electrons. The van der Waals surface area contributed by atoms with Crippen LogP contribution in [0.2, 0.25) is 0 Å². The molecular formula is C17H30Cl2N4O2S. The summed E-state index contributed by atoms with van der Waals surface area (Å²) < 4.78 is 5.74. The number of anilines is 1. The molecule has 2 N–H and O–H groups in total. The standard InChI is InChI=1S/C17H28N4O2S.2ClH/c1-5-23-13-10-17(18,16(13,3)4)14(22)20-6-8-21(9-7-20)15-19-12(2)11-24-15;;/h11,13H,5-10,18H2,1-4H3;2*1H. The zero-order valence-corrected chi connectivity index (χ0v) is 18.3. The molecule has 150 valence electrons. The molecule has 1 amide bonds. The average Bonchev–Trinajstić information content (AvgIpc) is 3.00. The van der Waals surface area contributed by atoms with Crippen LogP contribution in [0.1, 0.15) is 32.9 Å². The van der Waals surface area contributed by atoms with Gasteiger partial charge in [-0.2, -0.15) is 0 Å². The molecule has 1 saturated carbocycles. The van der Waals surface area contributed by atoms with Crippen LogP contribution >= 0.6 is 36.2 Å². The maximum absolute atomic E-state index is 13.0.